The second-order valence-corrected chi connectivity index (χ2v) is 3.40. The molecule has 5 N–H and O–H groups in total. The van der Waals surface area contributed by atoms with E-state index in [1.54, 1.807) is 6.07 Å². The van der Waals surface area contributed by atoms with Gasteiger partial charge in [0.15, 0.2) is 6.61 Å². The van der Waals surface area contributed by atoms with Crippen molar-refractivity contribution in [2.24, 2.45) is 0 Å². The summed E-state index contributed by atoms with van der Waals surface area (Å²) in [5.41, 5.74) is 11.9. The molecule has 0 saturated heterocycles. The molecule has 94 valence electrons. The van der Waals surface area contributed by atoms with Crippen molar-refractivity contribution in [1.29, 1.82) is 5.26 Å². The van der Waals surface area contributed by atoms with Crippen LogP contribution in [-0.4, -0.2) is 25.0 Å². The van der Waals surface area contributed by atoms with E-state index in [1.165, 1.54) is 18.2 Å². The Hall–Kier alpha value is -2.75. The molecule has 0 spiro atoms. The Bertz CT molecular complexity index is 487. The predicted molar refractivity (Wildman–Crippen MR) is 64.2 cm³/mol. The van der Waals surface area contributed by atoms with Crippen LogP contribution in [0.2, 0.25) is 0 Å². The number of nitriles is 1. The van der Waals surface area contributed by atoms with Gasteiger partial charge in [-0.2, -0.15) is 5.26 Å². The lowest BCUT2D eigenvalue weighted by atomic mass is 10.2. The van der Waals surface area contributed by atoms with Crippen LogP contribution >= 0.6 is 0 Å². The van der Waals surface area contributed by atoms with Gasteiger partial charge in [-0.25, -0.2) is 4.79 Å². The molecule has 1 aromatic carbocycles. The molecule has 1 rings (SSSR count). The first kappa shape index (κ1) is 13.3. The van der Waals surface area contributed by atoms with Crippen LogP contribution in [0.5, 0.6) is 0 Å². The van der Waals surface area contributed by atoms with Gasteiger partial charge in [-0.15, -0.1) is 0 Å². The lowest BCUT2D eigenvalue weighted by molar-refractivity contribution is -0.123. The minimum Gasteiger partial charge on any atom is -0.452 e. The number of hydrogen-bond donors (Lipinski definition) is 3. The number of amides is 1. The highest BCUT2D eigenvalue weighted by Gasteiger charge is 2.11. The number of esters is 1. The van der Waals surface area contributed by atoms with Crippen LogP contribution in [-0.2, 0) is 9.53 Å². The zero-order chi connectivity index (χ0) is 13.5. The van der Waals surface area contributed by atoms with Gasteiger partial charge in [-0.1, -0.05) is 0 Å². The van der Waals surface area contributed by atoms with Gasteiger partial charge in [-0.05, 0) is 18.2 Å². The number of nitrogens with one attached hydrogen (secondary N) is 1. The average Bonchev–Trinajstić information content (AvgIpc) is 2.32. The summed E-state index contributed by atoms with van der Waals surface area (Å²) in [5, 5.41) is 10.5. The molecule has 0 fully saturated rings. The molecule has 0 aliphatic rings. The van der Waals surface area contributed by atoms with Gasteiger partial charge in [0.05, 0.1) is 11.6 Å². The van der Waals surface area contributed by atoms with Gasteiger partial charge in [0, 0.05) is 11.4 Å². The fourth-order valence-electron chi connectivity index (χ4n) is 1.20. The van der Waals surface area contributed by atoms with Crippen molar-refractivity contribution in [2.45, 2.75) is 0 Å². The van der Waals surface area contributed by atoms with Gasteiger partial charge in [0.25, 0.3) is 5.91 Å². The Labute approximate surface area is 103 Å². The predicted octanol–water partition coefficient (Wildman–Crippen LogP) is -0.352. The molecule has 0 radical (unpaired) electrons. The lowest BCUT2D eigenvalue weighted by Crippen LogP contribution is -2.29. The largest absolute Gasteiger partial charge is 0.452 e. The van der Waals surface area contributed by atoms with Crippen LogP contribution < -0.4 is 16.8 Å². The zero-order valence-electron chi connectivity index (χ0n) is 9.47. The number of nitrogens with zero attached hydrogens (tertiary/aromatic N) is 1. The number of nitrogens with two attached hydrogens (primary N) is 2. The van der Waals surface area contributed by atoms with Crippen molar-refractivity contribution in [1.82, 2.24) is 5.32 Å². The van der Waals surface area contributed by atoms with Gasteiger partial charge in [0.2, 0.25) is 0 Å². The van der Waals surface area contributed by atoms with Crippen molar-refractivity contribution in [3.63, 3.8) is 0 Å². The zero-order valence-corrected chi connectivity index (χ0v) is 9.47. The van der Waals surface area contributed by atoms with Crippen molar-refractivity contribution < 1.29 is 14.3 Å². The minimum atomic E-state index is -0.707. The number of anilines is 2. The third-order valence-corrected chi connectivity index (χ3v) is 1.91. The highest BCUT2D eigenvalue weighted by atomic mass is 16.5. The van der Waals surface area contributed by atoms with Crippen LogP contribution in [0.3, 0.4) is 0 Å². The number of nitrogen functional groups attached to an aromatic ring is 2. The number of hydrogen-bond acceptors (Lipinski definition) is 6. The Morgan fingerprint density at radius 2 is 1.89 bits per heavy atom. The maximum Gasteiger partial charge on any atom is 0.338 e. The fraction of sp³-hybridized carbons (Fsp3) is 0.182. The van der Waals surface area contributed by atoms with E-state index in [0.29, 0.717) is 11.4 Å². The first-order valence-electron chi connectivity index (χ1n) is 4.99. The van der Waals surface area contributed by atoms with Gasteiger partial charge in [-0.3, -0.25) is 4.79 Å². The Morgan fingerprint density at radius 1 is 1.28 bits per heavy atom. The Morgan fingerprint density at radius 3 is 2.44 bits per heavy atom. The molecule has 18 heavy (non-hydrogen) atoms. The molecule has 7 heteroatoms. The number of rotatable bonds is 4. The molecule has 0 saturated carbocycles. The summed E-state index contributed by atoms with van der Waals surface area (Å²) in [7, 11) is 0. The standard InChI is InChI=1S/C11H12N4O3/c12-1-2-15-10(16)6-18-11(17)7-3-8(13)5-9(14)4-7/h3-5H,2,6,13-14H2,(H,15,16). The second-order valence-electron chi connectivity index (χ2n) is 3.40. The summed E-state index contributed by atoms with van der Waals surface area (Å²) >= 11 is 0. The molecular formula is C11H12N4O3. The highest BCUT2D eigenvalue weighted by molar-refractivity contribution is 5.93. The maximum absolute atomic E-state index is 11.5. The molecule has 0 heterocycles. The van der Waals surface area contributed by atoms with Crippen molar-refractivity contribution >= 4 is 23.3 Å². The summed E-state index contributed by atoms with van der Waals surface area (Å²) in [6.45, 7) is -0.600. The Balaban J connectivity index is 2.55. The monoisotopic (exact) mass is 248 g/mol. The van der Waals surface area contributed by atoms with Crippen molar-refractivity contribution in [3.05, 3.63) is 23.8 Å². The molecule has 7 nitrogen and oxygen atoms in total. The van der Waals surface area contributed by atoms with Crippen LogP contribution in [0, 0.1) is 11.3 Å². The molecule has 0 aromatic heterocycles. The normalized spacial score (nSPS) is 9.28. The topological polar surface area (TPSA) is 131 Å². The van der Waals surface area contributed by atoms with Crippen LogP contribution in [0.1, 0.15) is 10.4 Å². The van der Waals surface area contributed by atoms with E-state index in [9.17, 15) is 9.59 Å². The number of carbonyl (C=O) groups excluding carboxylic acids is 2. The summed E-state index contributed by atoms with van der Waals surface area (Å²) in [6, 6.07) is 6.01. The van der Waals surface area contributed by atoms with Crippen molar-refractivity contribution in [2.75, 3.05) is 24.6 Å². The summed E-state index contributed by atoms with van der Waals surface area (Å²) in [5.74, 6) is -1.26. The number of ether oxygens (including phenoxy) is 1. The maximum atomic E-state index is 11.5. The second kappa shape index (κ2) is 6.10. The van der Waals surface area contributed by atoms with Crippen LogP contribution in [0.15, 0.2) is 18.2 Å². The number of carbonyl (C=O) groups is 2. The van der Waals surface area contributed by atoms with E-state index in [1.807, 2.05) is 0 Å². The fourth-order valence-corrected chi connectivity index (χ4v) is 1.20. The smallest absolute Gasteiger partial charge is 0.338 e. The van der Waals surface area contributed by atoms with E-state index in [4.69, 9.17) is 21.5 Å². The summed E-state index contributed by atoms with van der Waals surface area (Å²) < 4.78 is 4.73. The SMILES string of the molecule is N#CCNC(=O)COC(=O)c1cc(N)cc(N)c1. The molecule has 0 bridgehead atoms. The van der Waals surface area contributed by atoms with Gasteiger partial charge < -0.3 is 21.5 Å². The Kier molecular flexibility index (Phi) is 4.51. The molecule has 1 aromatic rings. The molecule has 0 unspecified atom stereocenters. The molecular weight excluding hydrogens is 236 g/mol. The summed E-state index contributed by atoms with van der Waals surface area (Å²) in [4.78, 5) is 22.6. The van der Waals surface area contributed by atoms with Gasteiger partial charge >= 0.3 is 5.97 Å². The third kappa shape index (κ3) is 4.02. The average molecular weight is 248 g/mol. The van der Waals surface area contributed by atoms with E-state index in [0.717, 1.165) is 0 Å². The third-order valence-electron chi connectivity index (χ3n) is 1.91. The van der Waals surface area contributed by atoms with E-state index >= 15 is 0 Å². The van der Waals surface area contributed by atoms with Gasteiger partial charge in [0.1, 0.15) is 6.54 Å². The van der Waals surface area contributed by atoms with E-state index in [2.05, 4.69) is 5.32 Å². The molecule has 0 aliphatic carbocycles. The first-order chi connectivity index (χ1) is 8.52. The van der Waals surface area contributed by atoms with E-state index < -0.39 is 18.5 Å². The molecule has 1 amide bonds. The lowest BCUT2D eigenvalue weighted by Gasteiger charge is -2.06. The molecule has 0 atom stereocenters. The highest BCUT2D eigenvalue weighted by Crippen LogP contribution is 2.14. The quantitative estimate of drug-likeness (QED) is 0.379. The van der Waals surface area contributed by atoms with Crippen molar-refractivity contribution in [3.8, 4) is 6.07 Å². The van der Waals surface area contributed by atoms with E-state index in [-0.39, 0.29) is 12.1 Å². The van der Waals surface area contributed by atoms with Crippen LogP contribution in [0.4, 0.5) is 11.4 Å². The molecule has 0 aliphatic heterocycles. The number of benzene rings is 1. The summed E-state index contributed by atoms with van der Waals surface area (Å²) in [6.07, 6.45) is 0. The minimum absolute atomic E-state index is 0.137. The first-order valence-corrected chi connectivity index (χ1v) is 4.99. The van der Waals surface area contributed by atoms with Crippen LogP contribution in [0.25, 0.3) is 0 Å².